The molecule has 3 aromatic heterocycles. The molecule has 0 bridgehead atoms. The van der Waals surface area contributed by atoms with Gasteiger partial charge < -0.3 is 14.5 Å². The van der Waals surface area contributed by atoms with E-state index < -0.39 is 17.4 Å². The predicted octanol–water partition coefficient (Wildman–Crippen LogP) is 5.36. The summed E-state index contributed by atoms with van der Waals surface area (Å²) in [5.74, 6) is 0.525. The van der Waals surface area contributed by atoms with Gasteiger partial charge in [0.05, 0.1) is 27.8 Å². The topological polar surface area (TPSA) is 87.6 Å². The first-order chi connectivity index (χ1) is 14.7. The minimum absolute atomic E-state index is 0.0763. The van der Waals surface area contributed by atoms with Gasteiger partial charge in [0, 0.05) is 22.7 Å². The molecule has 0 amide bonds. The highest BCUT2D eigenvalue weighted by molar-refractivity contribution is 5.99. The van der Waals surface area contributed by atoms with Crippen LogP contribution in [-0.2, 0) is 6.18 Å². The predicted molar refractivity (Wildman–Crippen MR) is 110 cm³/mol. The Morgan fingerprint density at radius 2 is 1.84 bits per heavy atom. The number of alkyl halides is 3. The van der Waals surface area contributed by atoms with Crippen molar-refractivity contribution in [3.05, 3.63) is 70.1 Å². The van der Waals surface area contributed by atoms with Crippen LogP contribution in [0.25, 0.3) is 44.2 Å². The Hall–Kier alpha value is -3.88. The molecule has 6 nitrogen and oxygen atoms in total. The molecule has 0 unspecified atom stereocenters. The second-order valence-electron chi connectivity index (χ2n) is 7.32. The van der Waals surface area contributed by atoms with Crippen molar-refractivity contribution in [2.75, 3.05) is 0 Å². The summed E-state index contributed by atoms with van der Waals surface area (Å²) in [6.07, 6.45) is -3.09. The highest BCUT2D eigenvalue weighted by Crippen LogP contribution is 2.42. The molecule has 0 aliphatic carbocycles. The number of aryl methyl sites for hydroxylation is 2. The van der Waals surface area contributed by atoms with E-state index in [4.69, 9.17) is 4.52 Å². The van der Waals surface area contributed by atoms with Gasteiger partial charge in [0.2, 0.25) is 0 Å². The molecule has 156 valence electrons. The summed E-state index contributed by atoms with van der Waals surface area (Å²) in [7, 11) is 0. The van der Waals surface area contributed by atoms with E-state index in [1.807, 2.05) is 0 Å². The van der Waals surface area contributed by atoms with E-state index in [9.17, 15) is 18.0 Å². The summed E-state index contributed by atoms with van der Waals surface area (Å²) in [5.41, 5.74) is 1.75. The summed E-state index contributed by atoms with van der Waals surface area (Å²) < 4.78 is 47.4. The maximum Gasteiger partial charge on any atom is 0.417 e. The average molecular weight is 424 g/mol. The molecule has 0 fully saturated rings. The number of halogens is 3. The summed E-state index contributed by atoms with van der Waals surface area (Å²) in [6.45, 7) is 3.47. The Morgan fingerprint density at radius 1 is 1.03 bits per heavy atom. The van der Waals surface area contributed by atoms with E-state index in [0.29, 0.717) is 39.0 Å². The largest absolute Gasteiger partial charge is 0.417 e. The average Bonchev–Trinajstić information content (AvgIpc) is 3.26. The Bertz CT molecular complexity index is 1510. The van der Waals surface area contributed by atoms with E-state index in [1.54, 1.807) is 38.1 Å². The third kappa shape index (κ3) is 3.09. The van der Waals surface area contributed by atoms with Crippen molar-refractivity contribution in [1.82, 2.24) is 20.1 Å². The van der Waals surface area contributed by atoms with Crippen LogP contribution in [0.2, 0.25) is 0 Å². The molecular formula is C22H15F3N4O2. The van der Waals surface area contributed by atoms with E-state index in [2.05, 4.69) is 20.1 Å². The zero-order chi connectivity index (χ0) is 21.9. The lowest BCUT2D eigenvalue weighted by Gasteiger charge is -2.16. The van der Waals surface area contributed by atoms with Crippen LogP contribution >= 0.6 is 0 Å². The number of rotatable bonds is 2. The molecule has 9 heteroatoms. The molecule has 0 saturated carbocycles. The van der Waals surface area contributed by atoms with E-state index in [1.165, 1.54) is 12.3 Å². The number of hydrogen-bond acceptors (Lipinski definition) is 4. The van der Waals surface area contributed by atoms with Gasteiger partial charge in [0.15, 0.2) is 0 Å². The Morgan fingerprint density at radius 3 is 2.55 bits per heavy atom. The van der Waals surface area contributed by atoms with Gasteiger partial charge in [0.25, 0.3) is 0 Å². The molecule has 2 N–H and O–H groups in total. The second-order valence-corrected chi connectivity index (χ2v) is 7.32. The van der Waals surface area contributed by atoms with E-state index >= 15 is 0 Å². The summed E-state index contributed by atoms with van der Waals surface area (Å²) in [6, 6.07) is 8.94. The first kappa shape index (κ1) is 19.1. The lowest BCUT2D eigenvalue weighted by Crippen LogP contribution is -2.08. The minimum atomic E-state index is -4.61. The van der Waals surface area contributed by atoms with Crippen molar-refractivity contribution in [1.29, 1.82) is 0 Å². The third-order valence-corrected chi connectivity index (χ3v) is 5.29. The fourth-order valence-electron chi connectivity index (χ4n) is 3.97. The number of nitrogens with one attached hydrogen (secondary N) is 2. The van der Waals surface area contributed by atoms with Crippen molar-refractivity contribution >= 4 is 21.9 Å². The number of H-pyrrole nitrogens is 2. The van der Waals surface area contributed by atoms with Crippen molar-refractivity contribution in [3.8, 4) is 22.3 Å². The molecular weight excluding hydrogens is 409 g/mol. The van der Waals surface area contributed by atoms with E-state index in [-0.39, 0.29) is 16.6 Å². The Labute approximate surface area is 172 Å². The number of aromatic amines is 2. The number of hydrogen-bond donors (Lipinski definition) is 2. The van der Waals surface area contributed by atoms with Crippen molar-refractivity contribution < 1.29 is 17.7 Å². The monoisotopic (exact) mass is 424 g/mol. The Kier molecular flexibility index (Phi) is 4.04. The SMILES string of the molecule is Cc1noc(C)c1-c1cc(-c2cc3ncccc3cc2C(F)(F)F)c2[nH]c(=O)[nH]c2c1. The molecule has 0 saturated heterocycles. The van der Waals surface area contributed by atoms with Crippen LogP contribution in [0.1, 0.15) is 17.0 Å². The fourth-order valence-corrected chi connectivity index (χ4v) is 3.97. The van der Waals surface area contributed by atoms with Crippen LogP contribution in [0.3, 0.4) is 0 Å². The van der Waals surface area contributed by atoms with Gasteiger partial charge >= 0.3 is 11.9 Å². The van der Waals surface area contributed by atoms with Crippen LogP contribution in [0, 0.1) is 13.8 Å². The number of benzene rings is 2. The summed E-state index contributed by atoms with van der Waals surface area (Å²) >= 11 is 0. The standard InChI is InChI=1S/C22H15F3N4O2/c1-10-19(11(2)31-29-10)13-6-15(20-18(8-13)27-21(30)28-20)14-9-17-12(4-3-5-26-17)7-16(14)22(23,24)25/h3-9H,1-2H3,(H2,27,28,30). The number of pyridine rings is 1. The molecule has 5 rings (SSSR count). The Balaban J connectivity index is 1.91. The van der Waals surface area contributed by atoms with Crippen LogP contribution in [-0.4, -0.2) is 20.1 Å². The van der Waals surface area contributed by atoms with Gasteiger partial charge in [-0.25, -0.2) is 4.79 Å². The van der Waals surface area contributed by atoms with Gasteiger partial charge in [-0.2, -0.15) is 13.2 Å². The lowest BCUT2D eigenvalue weighted by molar-refractivity contribution is -0.137. The maximum atomic E-state index is 14.0. The summed E-state index contributed by atoms with van der Waals surface area (Å²) in [5, 5.41) is 4.31. The number of aromatic nitrogens is 4. The molecule has 3 heterocycles. The third-order valence-electron chi connectivity index (χ3n) is 5.29. The molecule has 0 aliphatic heterocycles. The highest BCUT2D eigenvalue weighted by Gasteiger charge is 2.35. The van der Waals surface area contributed by atoms with Gasteiger partial charge in [0.1, 0.15) is 5.76 Å². The van der Waals surface area contributed by atoms with Gasteiger partial charge in [-0.3, -0.25) is 4.98 Å². The zero-order valence-corrected chi connectivity index (χ0v) is 16.4. The molecule has 0 radical (unpaired) electrons. The maximum absolute atomic E-state index is 14.0. The van der Waals surface area contributed by atoms with Crippen molar-refractivity contribution in [2.45, 2.75) is 20.0 Å². The zero-order valence-electron chi connectivity index (χ0n) is 16.4. The number of nitrogens with zero attached hydrogens (tertiary/aromatic N) is 2. The molecule has 31 heavy (non-hydrogen) atoms. The van der Waals surface area contributed by atoms with Gasteiger partial charge in [-0.15, -0.1) is 0 Å². The van der Waals surface area contributed by atoms with Crippen LogP contribution < -0.4 is 5.69 Å². The van der Waals surface area contributed by atoms with Crippen molar-refractivity contribution in [2.24, 2.45) is 0 Å². The van der Waals surface area contributed by atoms with Gasteiger partial charge in [-0.05, 0) is 55.3 Å². The fraction of sp³-hybridized carbons (Fsp3) is 0.136. The smallest absolute Gasteiger partial charge is 0.361 e. The van der Waals surface area contributed by atoms with Crippen LogP contribution in [0.4, 0.5) is 13.2 Å². The highest BCUT2D eigenvalue weighted by atomic mass is 19.4. The quantitative estimate of drug-likeness (QED) is 0.399. The minimum Gasteiger partial charge on any atom is -0.361 e. The van der Waals surface area contributed by atoms with Crippen molar-refractivity contribution in [3.63, 3.8) is 0 Å². The van der Waals surface area contributed by atoms with Gasteiger partial charge in [-0.1, -0.05) is 11.2 Å². The number of imidazole rings is 1. The van der Waals surface area contributed by atoms with Crippen LogP contribution in [0.15, 0.2) is 51.9 Å². The van der Waals surface area contributed by atoms with Crippen LogP contribution in [0.5, 0.6) is 0 Å². The molecule has 2 aromatic carbocycles. The number of fused-ring (bicyclic) bond motifs is 2. The second kappa shape index (κ2) is 6.56. The first-order valence-electron chi connectivity index (χ1n) is 9.38. The molecule has 0 aliphatic rings. The molecule has 0 spiro atoms. The summed E-state index contributed by atoms with van der Waals surface area (Å²) in [4.78, 5) is 21.5. The normalized spacial score (nSPS) is 12.2. The molecule has 5 aromatic rings. The first-order valence-corrected chi connectivity index (χ1v) is 9.38. The lowest BCUT2D eigenvalue weighted by atomic mass is 9.92. The molecule has 0 atom stereocenters. The van der Waals surface area contributed by atoms with E-state index in [0.717, 1.165) is 6.07 Å².